The van der Waals surface area contributed by atoms with Crippen molar-refractivity contribution in [1.29, 1.82) is 0 Å². The molecule has 1 saturated carbocycles. The number of piperazine rings is 1. The highest BCUT2D eigenvalue weighted by Crippen LogP contribution is 2.38. The zero-order valence-electron chi connectivity index (χ0n) is 26.4. The van der Waals surface area contributed by atoms with Crippen LogP contribution in [0.5, 0.6) is 0 Å². The predicted octanol–water partition coefficient (Wildman–Crippen LogP) is 5.89. The van der Waals surface area contributed by atoms with Crippen molar-refractivity contribution >= 4 is 17.8 Å². The van der Waals surface area contributed by atoms with Gasteiger partial charge in [0.2, 0.25) is 0 Å². The Hall–Kier alpha value is -3.92. The van der Waals surface area contributed by atoms with Gasteiger partial charge in [0.15, 0.2) is 5.69 Å². The van der Waals surface area contributed by atoms with Crippen LogP contribution in [0, 0.1) is 5.92 Å². The number of nitrogens with one attached hydrogen (secondary N) is 1. The molecule has 0 spiro atoms. The van der Waals surface area contributed by atoms with Crippen LogP contribution in [0.15, 0.2) is 61.1 Å². The van der Waals surface area contributed by atoms with Crippen LogP contribution in [0.1, 0.15) is 69.4 Å². The molecule has 0 radical (unpaired) electrons. The first-order valence-electron chi connectivity index (χ1n) is 15.8. The number of pyridine rings is 1. The lowest BCUT2D eigenvalue weighted by Crippen LogP contribution is -2.57. The van der Waals surface area contributed by atoms with Gasteiger partial charge >= 0.3 is 6.09 Å². The Morgan fingerprint density at radius 2 is 1.77 bits per heavy atom. The number of hydrogen-bond acceptors (Lipinski definition) is 7. The first-order valence-corrected chi connectivity index (χ1v) is 15.8. The average molecular weight is 603 g/mol. The fraction of sp³-hybridized carbons (Fsp3) is 0.529. The van der Waals surface area contributed by atoms with Crippen molar-refractivity contribution in [3.63, 3.8) is 0 Å². The van der Waals surface area contributed by atoms with Crippen LogP contribution in [0.25, 0.3) is 11.3 Å². The molecule has 2 fully saturated rings. The van der Waals surface area contributed by atoms with E-state index >= 15 is 0 Å². The highest BCUT2D eigenvalue weighted by molar-refractivity contribution is 5.98. The molecule has 10 heteroatoms. The number of imidazole rings is 1. The van der Waals surface area contributed by atoms with Gasteiger partial charge in [-0.1, -0.05) is 49.2 Å². The molecule has 1 aliphatic heterocycles. The van der Waals surface area contributed by atoms with Gasteiger partial charge < -0.3 is 29.2 Å². The van der Waals surface area contributed by atoms with Crippen LogP contribution in [0.4, 0.5) is 10.6 Å². The van der Waals surface area contributed by atoms with Gasteiger partial charge in [0, 0.05) is 57.0 Å². The first kappa shape index (κ1) is 31.5. The summed E-state index contributed by atoms with van der Waals surface area (Å²) in [6.07, 6.45) is 8.29. The van der Waals surface area contributed by atoms with E-state index in [9.17, 15) is 9.59 Å². The number of methoxy groups -OCH3 is 1. The van der Waals surface area contributed by atoms with Gasteiger partial charge in [-0.05, 0) is 52.2 Å². The number of carbonyl (C=O) groups is 2. The molecule has 3 heterocycles. The number of anilines is 1. The summed E-state index contributed by atoms with van der Waals surface area (Å²) in [6.45, 7) is 8.03. The molecular formula is C34H46N6O4. The number of carbonyl (C=O) groups excluding carboxylic acids is 2. The van der Waals surface area contributed by atoms with E-state index in [1.807, 2.05) is 80.5 Å². The van der Waals surface area contributed by atoms with Gasteiger partial charge in [-0.25, -0.2) is 14.8 Å². The molecule has 10 nitrogen and oxygen atoms in total. The molecule has 5 rings (SSSR count). The Morgan fingerprint density at radius 1 is 1.00 bits per heavy atom. The van der Waals surface area contributed by atoms with Crippen molar-refractivity contribution in [2.75, 3.05) is 45.2 Å². The Bertz CT molecular complexity index is 1370. The van der Waals surface area contributed by atoms with Crippen LogP contribution in [-0.2, 0) is 9.47 Å². The fourth-order valence-corrected chi connectivity index (χ4v) is 6.45. The standard InChI is InChI=1S/C34H46N6O4/c1-34(2,3)44-33(42)38-20-21-39(27(22-38)17-19-36-29-16-10-11-18-35-29)32(41)30-31(25-12-6-5-7-13-25)40(24-37-30)28-15-9-8-14-26(28)23-43-4/h5-7,10-13,16,18,24,26-28H,8-9,14-15,17,19-23H2,1-4H3,(H,35,36)/t26-,27+,28+/m0/s1. The van der Waals surface area contributed by atoms with Gasteiger partial charge in [0.1, 0.15) is 11.4 Å². The molecule has 2 aromatic heterocycles. The van der Waals surface area contributed by atoms with E-state index in [1.54, 1.807) is 18.2 Å². The molecule has 2 amide bonds. The van der Waals surface area contributed by atoms with Crippen LogP contribution < -0.4 is 5.32 Å². The number of benzene rings is 1. The maximum absolute atomic E-state index is 14.5. The third kappa shape index (κ3) is 7.59. The largest absolute Gasteiger partial charge is 0.444 e. The molecule has 44 heavy (non-hydrogen) atoms. The Morgan fingerprint density at radius 3 is 2.50 bits per heavy atom. The normalized spacial score (nSPS) is 20.8. The van der Waals surface area contributed by atoms with Gasteiger partial charge in [-0.3, -0.25) is 4.79 Å². The van der Waals surface area contributed by atoms with E-state index in [-0.39, 0.29) is 24.1 Å². The maximum atomic E-state index is 14.5. The summed E-state index contributed by atoms with van der Waals surface area (Å²) in [5, 5.41) is 3.36. The molecule has 0 bridgehead atoms. The number of aromatic nitrogens is 3. The van der Waals surface area contributed by atoms with Gasteiger partial charge in [-0.2, -0.15) is 0 Å². The number of amides is 2. The molecule has 3 aromatic rings. The minimum atomic E-state index is -0.600. The highest BCUT2D eigenvalue weighted by Gasteiger charge is 2.37. The lowest BCUT2D eigenvalue weighted by molar-refractivity contribution is 0.00374. The molecule has 1 N–H and O–H groups in total. The number of ether oxygens (including phenoxy) is 2. The minimum Gasteiger partial charge on any atom is -0.444 e. The third-order valence-electron chi connectivity index (χ3n) is 8.49. The molecule has 236 valence electrons. The van der Waals surface area contributed by atoms with Crippen molar-refractivity contribution in [3.05, 3.63) is 66.7 Å². The Kier molecular flexibility index (Phi) is 10.2. The predicted molar refractivity (Wildman–Crippen MR) is 171 cm³/mol. The quantitative estimate of drug-likeness (QED) is 0.326. The lowest BCUT2D eigenvalue weighted by atomic mass is 9.84. The number of rotatable bonds is 9. The number of nitrogens with zero attached hydrogens (tertiary/aromatic N) is 5. The second-order valence-electron chi connectivity index (χ2n) is 12.8. The maximum Gasteiger partial charge on any atom is 0.410 e. The summed E-state index contributed by atoms with van der Waals surface area (Å²) < 4.78 is 13.5. The third-order valence-corrected chi connectivity index (χ3v) is 8.49. The second-order valence-corrected chi connectivity index (χ2v) is 12.8. The SMILES string of the molecule is COC[C@@H]1CCCC[C@H]1n1cnc(C(=O)N2CCN(C(=O)OC(C)(C)C)C[C@H]2CCNc2ccccn2)c1-c1ccccc1. The summed E-state index contributed by atoms with van der Waals surface area (Å²) in [7, 11) is 1.76. The summed E-state index contributed by atoms with van der Waals surface area (Å²) in [5.41, 5.74) is 1.67. The van der Waals surface area contributed by atoms with Gasteiger partial charge in [0.25, 0.3) is 5.91 Å². The van der Waals surface area contributed by atoms with Crippen molar-refractivity contribution < 1.29 is 19.1 Å². The van der Waals surface area contributed by atoms with Crippen molar-refractivity contribution in [2.45, 2.75) is 70.6 Å². The zero-order chi connectivity index (χ0) is 31.1. The second kappa shape index (κ2) is 14.2. The van der Waals surface area contributed by atoms with Crippen LogP contribution in [0.2, 0.25) is 0 Å². The molecule has 3 atom stereocenters. The van der Waals surface area contributed by atoms with E-state index in [4.69, 9.17) is 14.5 Å². The minimum absolute atomic E-state index is 0.117. The monoisotopic (exact) mass is 602 g/mol. The molecule has 1 aromatic carbocycles. The zero-order valence-corrected chi connectivity index (χ0v) is 26.4. The topological polar surface area (TPSA) is 102 Å². The summed E-state index contributed by atoms with van der Waals surface area (Å²) in [4.78, 5) is 40.3. The lowest BCUT2D eigenvalue weighted by Gasteiger charge is -2.41. The highest BCUT2D eigenvalue weighted by atomic mass is 16.6. The molecule has 1 aliphatic carbocycles. The smallest absolute Gasteiger partial charge is 0.410 e. The molecule has 0 unspecified atom stereocenters. The number of hydrogen-bond donors (Lipinski definition) is 1. The van der Waals surface area contributed by atoms with Crippen molar-refractivity contribution in [1.82, 2.24) is 24.3 Å². The van der Waals surface area contributed by atoms with Crippen LogP contribution >= 0.6 is 0 Å². The van der Waals surface area contributed by atoms with Crippen LogP contribution in [-0.4, -0.2) is 87.9 Å². The van der Waals surface area contributed by atoms with E-state index in [1.165, 1.54) is 6.42 Å². The molecule has 1 saturated heterocycles. The van der Waals surface area contributed by atoms with Crippen molar-refractivity contribution in [2.24, 2.45) is 5.92 Å². The molecule has 2 aliphatic rings. The average Bonchev–Trinajstić information content (AvgIpc) is 3.46. The summed E-state index contributed by atoms with van der Waals surface area (Å²) in [5.74, 6) is 1.01. The van der Waals surface area contributed by atoms with E-state index in [0.717, 1.165) is 36.3 Å². The Labute approximate surface area is 260 Å². The van der Waals surface area contributed by atoms with Crippen LogP contribution in [0.3, 0.4) is 0 Å². The molecular weight excluding hydrogens is 556 g/mol. The summed E-state index contributed by atoms with van der Waals surface area (Å²) in [6, 6.07) is 15.8. The fourth-order valence-electron chi connectivity index (χ4n) is 6.45. The van der Waals surface area contributed by atoms with Gasteiger partial charge in [-0.15, -0.1) is 0 Å². The summed E-state index contributed by atoms with van der Waals surface area (Å²) >= 11 is 0. The van der Waals surface area contributed by atoms with E-state index in [0.29, 0.717) is 50.8 Å². The Balaban J connectivity index is 1.44. The van der Waals surface area contributed by atoms with E-state index in [2.05, 4.69) is 14.9 Å². The van der Waals surface area contributed by atoms with E-state index < -0.39 is 5.60 Å². The van der Waals surface area contributed by atoms with Crippen molar-refractivity contribution in [3.8, 4) is 11.3 Å². The first-order chi connectivity index (χ1) is 21.2. The van der Waals surface area contributed by atoms with Gasteiger partial charge in [0.05, 0.1) is 24.7 Å².